The largest absolute Gasteiger partial charge is 0.382 e. The lowest BCUT2D eigenvalue weighted by Crippen LogP contribution is -2.38. The minimum Gasteiger partial charge on any atom is -0.382 e. The van der Waals surface area contributed by atoms with Crippen LogP contribution in [0.25, 0.3) is 0 Å². The van der Waals surface area contributed by atoms with Gasteiger partial charge in [-0.2, -0.15) is 0 Å². The van der Waals surface area contributed by atoms with Crippen LogP contribution in [0.3, 0.4) is 0 Å². The summed E-state index contributed by atoms with van der Waals surface area (Å²) < 4.78 is 12.8. The minimum absolute atomic E-state index is 0. The Morgan fingerprint density at radius 2 is 2.00 bits per heavy atom. The highest BCUT2D eigenvalue weighted by atomic mass is 127. The summed E-state index contributed by atoms with van der Waals surface area (Å²) in [6, 6.07) is 0. The number of aryl methyl sites for hydroxylation is 2. The van der Waals surface area contributed by atoms with Gasteiger partial charge in [0.25, 0.3) is 0 Å². The summed E-state index contributed by atoms with van der Waals surface area (Å²) in [4.78, 5) is 4.67. The Morgan fingerprint density at radius 3 is 2.82 bits per heavy atom. The van der Waals surface area contributed by atoms with Gasteiger partial charge in [-0.05, 0) is 32.6 Å². The molecule has 2 rings (SSSR count). The number of halogens is 1. The first-order valence-electron chi connectivity index (χ1n) is 10.3. The molecule has 0 aromatic carbocycles. The van der Waals surface area contributed by atoms with Crippen LogP contribution in [0.1, 0.15) is 50.7 Å². The van der Waals surface area contributed by atoms with E-state index in [1.54, 1.807) is 7.11 Å². The van der Waals surface area contributed by atoms with E-state index in [9.17, 15) is 0 Å². The number of aromatic nitrogens is 3. The highest BCUT2D eigenvalue weighted by molar-refractivity contribution is 14.0. The van der Waals surface area contributed by atoms with E-state index >= 15 is 0 Å². The first kappa shape index (κ1) is 25.1. The average molecular weight is 508 g/mol. The Kier molecular flexibility index (Phi) is 14.3. The number of ether oxygens (including phenoxy) is 2. The number of methoxy groups -OCH3 is 1. The van der Waals surface area contributed by atoms with Gasteiger partial charge in [-0.25, -0.2) is 0 Å². The zero-order valence-corrected chi connectivity index (χ0v) is 19.7. The van der Waals surface area contributed by atoms with Crippen LogP contribution in [0.4, 0.5) is 0 Å². The summed E-state index contributed by atoms with van der Waals surface area (Å²) in [5.41, 5.74) is 0. The van der Waals surface area contributed by atoms with Crippen molar-refractivity contribution in [2.24, 2.45) is 4.99 Å². The maximum absolute atomic E-state index is 5.47. The van der Waals surface area contributed by atoms with Gasteiger partial charge in [-0.15, -0.1) is 34.2 Å². The van der Waals surface area contributed by atoms with Crippen molar-refractivity contribution in [1.82, 2.24) is 25.4 Å². The number of nitrogens with zero attached hydrogens (tertiary/aromatic N) is 4. The van der Waals surface area contributed by atoms with Crippen molar-refractivity contribution in [3.05, 3.63) is 11.6 Å². The van der Waals surface area contributed by atoms with Crippen molar-refractivity contribution in [2.75, 3.05) is 46.6 Å². The van der Waals surface area contributed by atoms with Gasteiger partial charge in [0.15, 0.2) is 5.96 Å². The second-order valence-electron chi connectivity index (χ2n) is 6.74. The molecule has 0 amide bonds. The number of guanidine groups is 1. The Morgan fingerprint density at radius 1 is 1.11 bits per heavy atom. The molecule has 0 unspecified atom stereocenters. The first-order chi connectivity index (χ1) is 13.3. The molecule has 0 saturated carbocycles. The van der Waals surface area contributed by atoms with Crippen molar-refractivity contribution in [1.29, 1.82) is 0 Å². The fraction of sp³-hybridized carbons (Fsp3) is 0.842. The predicted octanol–water partition coefficient (Wildman–Crippen LogP) is 2.16. The fourth-order valence-corrected chi connectivity index (χ4v) is 3.13. The van der Waals surface area contributed by atoms with E-state index in [0.29, 0.717) is 13.2 Å². The lowest BCUT2D eigenvalue weighted by Gasteiger charge is -2.11. The molecular weight excluding hydrogens is 471 g/mol. The van der Waals surface area contributed by atoms with E-state index in [1.165, 1.54) is 19.3 Å². The van der Waals surface area contributed by atoms with E-state index in [2.05, 4.69) is 37.3 Å². The van der Waals surface area contributed by atoms with Crippen molar-refractivity contribution in [2.45, 2.75) is 58.4 Å². The maximum Gasteiger partial charge on any atom is 0.191 e. The standard InChI is InChI=1S/C19H36N6O2.HI/c1-3-20-19(22-12-8-14-27-16-15-26-2)21-11-7-10-18-24-23-17-9-5-4-6-13-25(17)18;/h3-16H2,1-2H3,(H2,20,21,22);1H. The van der Waals surface area contributed by atoms with Crippen LogP contribution in [0.2, 0.25) is 0 Å². The third-order valence-corrected chi connectivity index (χ3v) is 4.55. The van der Waals surface area contributed by atoms with Crippen molar-refractivity contribution >= 4 is 29.9 Å². The number of nitrogens with one attached hydrogen (secondary N) is 2. The molecule has 1 aromatic rings. The zero-order valence-electron chi connectivity index (χ0n) is 17.4. The van der Waals surface area contributed by atoms with Crippen LogP contribution in [-0.2, 0) is 28.9 Å². The topological polar surface area (TPSA) is 85.6 Å². The molecule has 8 nitrogen and oxygen atoms in total. The summed E-state index contributed by atoms with van der Waals surface area (Å²) in [6.07, 6.45) is 7.69. The summed E-state index contributed by atoms with van der Waals surface area (Å²) >= 11 is 0. The normalized spacial score (nSPS) is 14.1. The van der Waals surface area contributed by atoms with E-state index in [-0.39, 0.29) is 24.0 Å². The van der Waals surface area contributed by atoms with E-state index < -0.39 is 0 Å². The number of fused-ring (bicyclic) bond motifs is 1. The van der Waals surface area contributed by atoms with E-state index in [4.69, 9.17) is 9.47 Å². The molecule has 0 saturated heterocycles. The molecule has 0 spiro atoms. The minimum atomic E-state index is 0. The molecule has 0 fully saturated rings. The molecule has 1 aliphatic heterocycles. The fourth-order valence-electron chi connectivity index (χ4n) is 3.13. The highest BCUT2D eigenvalue weighted by Gasteiger charge is 2.13. The van der Waals surface area contributed by atoms with Crippen molar-refractivity contribution in [3.8, 4) is 0 Å². The second-order valence-corrected chi connectivity index (χ2v) is 6.74. The van der Waals surface area contributed by atoms with Gasteiger partial charge >= 0.3 is 0 Å². The quantitative estimate of drug-likeness (QED) is 0.195. The van der Waals surface area contributed by atoms with Crippen LogP contribution in [-0.4, -0.2) is 67.3 Å². The Balaban J connectivity index is 0.00000392. The van der Waals surface area contributed by atoms with Crippen LogP contribution >= 0.6 is 24.0 Å². The lowest BCUT2D eigenvalue weighted by molar-refractivity contribution is 0.0698. The Hall–Kier alpha value is -0.940. The summed E-state index contributed by atoms with van der Waals surface area (Å²) in [5, 5.41) is 15.4. The van der Waals surface area contributed by atoms with Gasteiger partial charge in [0.1, 0.15) is 11.6 Å². The van der Waals surface area contributed by atoms with Crippen molar-refractivity contribution < 1.29 is 9.47 Å². The molecule has 28 heavy (non-hydrogen) atoms. The molecule has 0 radical (unpaired) electrons. The molecule has 162 valence electrons. The summed E-state index contributed by atoms with van der Waals surface area (Å²) in [5.74, 6) is 3.15. The molecule has 0 bridgehead atoms. The molecule has 2 heterocycles. The molecule has 9 heteroatoms. The number of rotatable bonds is 12. The summed E-state index contributed by atoms with van der Waals surface area (Å²) in [6.45, 7) is 7.65. The monoisotopic (exact) mass is 508 g/mol. The highest BCUT2D eigenvalue weighted by Crippen LogP contribution is 2.15. The zero-order chi connectivity index (χ0) is 19.2. The van der Waals surface area contributed by atoms with Gasteiger partial charge < -0.3 is 24.7 Å². The van der Waals surface area contributed by atoms with E-state index in [1.807, 2.05) is 0 Å². The van der Waals surface area contributed by atoms with Crippen LogP contribution in [0.15, 0.2) is 4.99 Å². The molecule has 0 aliphatic carbocycles. The first-order valence-corrected chi connectivity index (χ1v) is 10.3. The number of hydrogen-bond acceptors (Lipinski definition) is 5. The van der Waals surface area contributed by atoms with Crippen LogP contribution in [0.5, 0.6) is 0 Å². The SMILES string of the molecule is CCNC(=NCCCc1nnc2n1CCCCC2)NCCCOCCOC.I. The lowest BCUT2D eigenvalue weighted by atomic mass is 10.2. The Labute approximate surface area is 186 Å². The second kappa shape index (κ2) is 15.9. The van der Waals surface area contributed by atoms with E-state index in [0.717, 1.165) is 76.1 Å². The van der Waals surface area contributed by atoms with Crippen LogP contribution in [0, 0.1) is 0 Å². The van der Waals surface area contributed by atoms with Gasteiger partial charge in [0.05, 0.1) is 13.2 Å². The maximum atomic E-state index is 5.47. The molecule has 2 N–H and O–H groups in total. The third-order valence-electron chi connectivity index (χ3n) is 4.55. The summed E-state index contributed by atoms with van der Waals surface area (Å²) in [7, 11) is 1.68. The van der Waals surface area contributed by atoms with Crippen molar-refractivity contribution in [3.63, 3.8) is 0 Å². The molecular formula is C19H37IN6O2. The van der Waals surface area contributed by atoms with Gasteiger partial charge in [0.2, 0.25) is 0 Å². The molecule has 0 atom stereocenters. The third kappa shape index (κ3) is 9.51. The average Bonchev–Trinajstić information content (AvgIpc) is 2.90. The predicted molar refractivity (Wildman–Crippen MR) is 123 cm³/mol. The van der Waals surface area contributed by atoms with Gasteiger partial charge in [-0.3, -0.25) is 4.99 Å². The molecule has 1 aliphatic rings. The van der Waals surface area contributed by atoms with Gasteiger partial charge in [-0.1, -0.05) is 6.42 Å². The Bertz CT molecular complexity index is 553. The smallest absolute Gasteiger partial charge is 0.191 e. The molecule has 1 aromatic heterocycles. The number of hydrogen-bond donors (Lipinski definition) is 2. The number of aliphatic imine (C=N–C) groups is 1. The van der Waals surface area contributed by atoms with Crippen LogP contribution < -0.4 is 10.6 Å². The van der Waals surface area contributed by atoms with Gasteiger partial charge in [0, 0.05) is 52.7 Å².